The molecule has 31 heavy (non-hydrogen) atoms. The summed E-state index contributed by atoms with van der Waals surface area (Å²) < 4.78 is 33.6. The molecule has 2 aliphatic rings. The molecule has 1 aromatic heterocycles. The fourth-order valence-corrected chi connectivity index (χ4v) is 5.93. The molecule has 0 saturated carbocycles. The Hall–Kier alpha value is -3.20. The topological polar surface area (TPSA) is 96.6 Å². The van der Waals surface area contributed by atoms with Crippen LogP contribution in [0.4, 0.5) is 5.69 Å². The van der Waals surface area contributed by atoms with Gasteiger partial charge < -0.3 is 9.42 Å². The second-order valence-electron chi connectivity index (χ2n) is 7.86. The van der Waals surface area contributed by atoms with Gasteiger partial charge >= 0.3 is 11.8 Å². The number of para-hydroxylation sites is 1. The molecule has 0 atom stereocenters. The number of amides is 1. The minimum atomic E-state index is -3.76. The van der Waals surface area contributed by atoms with Crippen LogP contribution in [0.1, 0.15) is 34.7 Å². The maximum atomic E-state index is 13.5. The summed E-state index contributed by atoms with van der Waals surface area (Å²) in [4.78, 5) is 18.6. The van der Waals surface area contributed by atoms with E-state index in [9.17, 15) is 13.2 Å². The highest BCUT2D eigenvalue weighted by Crippen LogP contribution is 2.34. The van der Waals surface area contributed by atoms with Gasteiger partial charge in [0.05, 0.1) is 10.6 Å². The van der Waals surface area contributed by atoms with Crippen molar-refractivity contribution in [3.63, 3.8) is 0 Å². The summed E-state index contributed by atoms with van der Waals surface area (Å²) >= 11 is 0. The van der Waals surface area contributed by atoms with E-state index < -0.39 is 10.0 Å². The number of carbonyl (C=O) groups excluding carboxylic acids is 1. The van der Waals surface area contributed by atoms with Crippen LogP contribution in [0.5, 0.6) is 0 Å². The van der Waals surface area contributed by atoms with Crippen LogP contribution < -0.4 is 4.31 Å². The Morgan fingerprint density at radius 2 is 1.84 bits per heavy atom. The molecule has 5 rings (SSSR count). The van der Waals surface area contributed by atoms with E-state index in [2.05, 4.69) is 10.1 Å². The number of sulfonamides is 1. The second kappa shape index (κ2) is 7.49. The van der Waals surface area contributed by atoms with Gasteiger partial charge in [0.2, 0.25) is 5.82 Å². The van der Waals surface area contributed by atoms with Crippen LogP contribution in [0.2, 0.25) is 0 Å². The number of fused-ring (bicyclic) bond motifs is 1. The van der Waals surface area contributed by atoms with E-state index in [0.29, 0.717) is 42.9 Å². The summed E-state index contributed by atoms with van der Waals surface area (Å²) in [5.41, 5.74) is 2.85. The highest BCUT2D eigenvalue weighted by Gasteiger charge is 2.32. The average molecular weight is 439 g/mol. The zero-order valence-electron chi connectivity index (χ0n) is 17.1. The van der Waals surface area contributed by atoms with Crippen LogP contribution in [0.25, 0.3) is 11.4 Å². The second-order valence-corrected chi connectivity index (χ2v) is 9.69. The predicted octanol–water partition coefficient (Wildman–Crippen LogP) is 3.03. The van der Waals surface area contributed by atoms with E-state index in [0.717, 1.165) is 18.4 Å². The number of aromatic nitrogens is 2. The van der Waals surface area contributed by atoms with Crippen LogP contribution in [-0.4, -0.2) is 49.0 Å². The van der Waals surface area contributed by atoms with Crippen molar-refractivity contribution in [2.24, 2.45) is 0 Å². The lowest BCUT2D eigenvalue weighted by molar-refractivity contribution is 0.0743. The lowest BCUT2D eigenvalue weighted by atomic mass is 10.1. The van der Waals surface area contributed by atoms with E-state index in [-0.39, 0.29) is 22.5 Å². The van der Waals surface area contributed by atoms with Gasteiger partial charge in [0.1, 0.15) is 0 Å². The van der Waals surface area contributed by atoms with Gasteiger partial charge in [0.15, 0.2) is 0 Å². The van der Waals surface area contributed by atoms with Crippen molar-refractivity contribution in [1.29, 1.82) is 0 Å². The predicted molar refractivity (Wildman–Crippen MR) is 114 cm³/mol. The average Bonchev–Trinajstić information content (AvgIpc) is 3.54. The van der Waals surface area contributed by atoms with Gasteiger partial charge in [-0.1, -0.05) is 35.5 Å². The van der Waals surface area contributed by atoms with Crippen molar-refractivity contribution < 1.29 is 17.7 Å². The van der Waals surface area contributed by atoms with Crippen molar-refractivity contribution in [3.05, 3.63) is 59.5 Å². The van der Waals surface area contributed by atoms with E-state index in [1.807, 2.05) is 24.3 Å². The lowest BCUT2D eigenvalue weighted by Crippen LogP contribution is -2.29. The van der Waals surface area contributed by atoms with Gasteiger partial charge in [0, 0.05) is 25.2 Å². The zero-order chi connectivity index (χ0) is 21.6. The van der Waals surface area contributed by atoms with Crippen molar-refractivity contribution in [1.82, 2.24) is 15.0 Å². The summed E-state index contributed by atoms with van der Waals surface area (Å²) in [6, 6.07) is 12.6. The molecule has 0 unspecified atom stereocenters. The number of likely N-dealkylation sites (tertiary alicyclic amines) is 1. The number of carbonyl (C=O) groups is 1. The lowest BCUT2D eigenvalue weighted by Gasteiger charge is -2.21. The molecule has 1 amide bonds. The van der Waals surface area contributed by atoms with E-state index in [1.54, 1.807) is 30.0 Å². The zero-order valence-corrected chi connectivity index (χ0v) is 17.9. The van der Waals surface area contributed by atoms with Crippen LogP contribution >= 0.6 is 0 Å². The SMILES string of the molecule is Cc1ccc(-c2noc(C(=O)N3CCCC3)n2)cc1S(=O)(=O)N1CCc2ccccc21. The molecule has 0 N–H and O–H groups in total. The molecule has 1 saturated heterocycles. The van der Waals surface area contributed by atoms with Gasteiger partial charge in [-0.05, 0) is 49.4 Å². The maximum Gasteiger partial charge on any atom is 0.316 e. The van der Waals surface area contributed by atoms with Gasteiger partial charge in [-0.15, -0.1) is 0 Å². The maximum absolute atomic E-state index is 13.5. The molecule has 2 aliphatic heterocycles. The smallest absolute Gasteiger partial charge is 0.316 e. The summed E-state index contributed by atoms with van der Waals surface area (Å²) in [7, 11) is -3.76. The number of hydrogen-bond donors (Lipinski definition) is 0. The Morgan fingerprint density at radius 3 is 2.65 bits per heavy atom. The van der Waals surface area contributed by atoms with Crippen LogP contribution in [0.3, 0.4) is 0 Å². The molecule has 9 heteroatoms. The molecule has 3 heterocycles. The van der Waals surface area contributed by atoms with Crippen molar-refractivity contribution in [2.45, 2.75) is 31.1 Å². The minimum absolute atomic E-state index is 0.0737. The number of rotatable bonds is 4. The van der Waals surface area contributed by atoms with Crippen molar-refractivity contribution in [3.8, 4) is 11.4 Å². The number of nitrogens with zero attached hydrogens (tertiary/aromatic N) is 4. The summed E-state index contributed by atoms with van der Waals surface area (Å²) in [5, 5.41) is 3.92. The standard InChI is InChI=1S/C22H22N4O4S/c1-15-8-9-17(20-23-21(30-24-20)22(27)25-11-4-5-12-25)14-19(15)31(28,29)26-13-10-16-6-2-3-7-18(16)26/h2-3,6-9,14H,4-5,10-13H2,1H3. The fourth-order valence-electron chi connectivity index (χ4n) is 4.18. The third-order valence-electron chi connectivity index (χ3n) is 5.86. The number of benzene rings is 2. The van der Waals surface area contributed by atoms with Gasteiger partial charge in [-0.2, -0.15) is 4.98 Å². The Morgan fingerprint density at radius 1 is 1.06 bits per heavy atom. The van der Waals surface area contributed by atoms with E-state index in [1.165, 1.54) is 4.31 Å². The molecule has 160 valence electrons. The van der Waals surface area contributed by atoms with Crippen molar-refractivity contribution in [2.75, 3.05) is 23.9 Å². The molecular formula is C22H22N4O4S. The van der Waals surface area contributed by atoms with Crippen LogP contribution in [-0.2, 0) is 16.4 Å². The molecule has 1 fully saturated rings. The molecule has 3 aromatic rings. The molecule has 0 aliphatic carbocycles. The summed E-state index contributed by atoms with van der Waals surface area (Å²) in [5.74, 6) is -0.166. The Kier molecular flexibility index (Phi) is 4.77. The monoisotopic (exact) mass is 438 g/mol. The molecule has 0 bridgehead atoms. The third-order valence-corrected chi connectivity index (χ3v) is 7.82. The Bertz CT molecular complexity index is 1260. The molecule has 8 nitrogen and oxygen atoms in total. The quantitative estimate of drug-likeness (QED) is 0.621. The van der Waals surface area contributed by atoms with Gasteiger partial charge in [-0.3, -0.25) is 9.10 Å². The summed E-state index contributed by atoms with van der Waals surface area (Å²) in [6.07, 6.45) is 2.61. The number of aryl methyl sites for hydroxylation is 1. The van der Waals surface area contributed by atoms with Crippen molar-refractivity contribution >= 4 is 21.6 Å². The minimum Gasteiger partial charge on any atom is -0.334 e. The number of anilines is 1. The first-order valence-corrected chi connectivity index (χ1v) is 11.7. The molecule has 0 radical (unpaired) electrons. The third kappa shape index (κ3) is 3.38. The highest BCUT2D eigenvalue weighted by molar-refractivity contribution is 7.93. The Labute approximate surface area is 180 Å². The summed E-state index contributed by atoms with van der Waals surface area (Å²) in [6.45, 7) is 3.53. The first kappa shape index (κ1) is 19.7. The fraction of sp³-hybridized carbons (Fsp3) is 0.318. The molecule has 0 spiro atoms. The van der Waals surface area contributed by atoms with Gasteiger partial charge in [0.25, 0.3) is 10.0 Å². The molecule has 2 aromatic carbocycles. The Balaban J connectivity index is 1.48. The first-order chi connectivity index (χ1) is 14.9. The first-order valence-electron chi connectivity index (χ1n) is 10.3. The highest BCUT2D eigenvalue weighted by atomic mass is 32.2. The molecular weight excluding hydrogens is 416 g/mol. The van der Waals surface area contributed by atoms with Crippen LogP contribution in [0.15, 0.2) is 51.9 Å². The van der Waals surface area contributed by atoms with E-state index >= 15 is 0 Å². The van der Waals surface area contributed by atoms with E-state index in [4.69, 9.17) is 4.52 Å². The number of hydrogen-bond acceptors (Lipinski definition) is 6. The normalized spacial score (nSPS) is 16.0. The largest absolute Gasteiger partial charge is 0.334 e. The van der Waals surface area contributed by atoms with Crippen LogP contribution in [0, 0.1) is 6.92 Å². The van der Waals surface area contributed by atoms with Gasteiger partial charge in [-0.25, -0.2) is 8.42 Å².